The average molecular weight is 229 g/mol. The van der Waals surface area contributed by atoms with Crippen LogP contribution in [0.5, 0.6) is 0 Å². The van der Waals surface area contributed by atoms with Gasteiger partial charge in [-0.3, -0.25) is 0 Å². The summed E-state index contributed by atoms with van der Waals surface area (Å²) < 4.78 is 0. The highest BCUT2D eigenvalue weighted by Gasteiger charge is 2.48. The maximum atomic E-state index is 10.2. The standard InChI is InChI=1S/C12H27NOSi/c1-11(2)8-10(15(5,6)7)9-12(3,4)13(11)14/h10,14H,8-9H2,1-7H3. The van der Waals surface area contributed by atoms with E-state index in [9.17, 15) is 5.21 Å². The maximum absolute atomic E-state index is 10.2. The molecule has 0 atom stereocenters. The van der Waals surface area contributed by atoms with Gasteiger partial charge in [0.1, 0.15) is 0 Å². The number of hydrogen-bond acceptors (Lipinski definition) is 2. The lowest BCUT2D eigenvalue weighted by Gasteiger charge is -2.54. The van der Waals surface area contributed by atoms with Gasteiger partial charge in [-0.15, -0.1) is 0 Å². The largest absolute Gasteiger partial charge is 0.313 e. The van der Waals surface area contributed by atoms with E-state index in [0.29, 0.717) is 0 Å². The molecule has 90 valence electrons. The van der Waals surface area contributed by atoms with Crippen molar-refractivity contribution in [2.45, 2.75) is 76.8 Å². The Morgan fingerprint density at radius 2 is 1.33 bits per heavy atom. The van der Waals surface area contributed by atoms with Gasteiger partial charge < -0.3 is 5.21 Å². The molecule has 1 N–H and O–H groups in total. The number of hydrogen-bond donors (Lipinski definition) is 1. The highest BCUT2D eigenvalue weighted by molar-refractivity contribution is 6.77. The first-order valence-electron chi connectivity index (χ1n) is 5.96. The molecule has 15 heavy (non-hydrogen) atoms. The van der Waals surface area contributed by atoms with E-state index in [-0.39, 0.29) is 11.1 Å². The zero-order valence-electron chi connectivity index (χ0n) is 11.4. The van der Waals surface area contributed by atoms with E-state index >= 15 is 0 Å². The van der Waals surface area contributed by atoms with Crippen molar-refractivity contribution < 1.29 is 5.21 Å². The summed E-state index contributed by atoms with van der Waals surface area (Å²) in [5.74, 6) is 0. The Kier molecular flexibility index (Phi) is 3.14. The molecule has 0 aliphatic carbocycles. The average Bonchev–Trinajstić information content (AvgIpc) is 1.97. The van der Waals surface area contributed by atoms with E-state index in [0.717, 1.165) is 18.4 Å². The minimum absolute atomic E-state index is 0.0767. The van der Waals surface area contributed by atoms with Gasteiger partial charge in [-0.05, 0) is 46.1 Å². The Balaban J connectivity index is 2.94. The number of rotatable bonds is 1. The molecule has 1 aliphatic heterocycles. The first-order chi connectivity index (χ1) is 6.47. The summed E-state index contributed by atoms with van der Waals surface area (Å²) in [6.07, 6.45) is 2.26. The molecule has 0 aromatic carbocycles. The number of nitrogens with zero attached hydrogens (tertiary/aromatic N) is 1. The minimum Gasteiger partial charge on any atom is -0.313 e. The SMILES string of the molecule is CC1(C)CC([Si](C)(C)C)CC(C)(C)N1O. The Hall–Kier alpha value is 0.137. The zero-order valence-corrected chi connectivity index (χ0v) is 12.4. The number of piperidine rings is 1. The van der Waals surface area contributed by atoms with Gasteiger partial charge in [-0.1, -0.05) is 19.6 Å². The molecule has 0 amide bonds. The molecular weight excluding hydrogens is 202 g/mol. The molecule has 2 nitrogen and oxygen atoms in total. The predicted octanol–water partition coefficient (Wildman–Crippen LogP) is 3.74. The third kappa shape index (κ3) is 2.63. The fourth-order valence-corrected chi connectivity index (χ4v) is 5.11. The van der Waals surface area contributed by atoms with Crippen molar-refractivity contribution in [2.24, 2.45) is 0 Å². The topological polar surface area (TPSA) is 23.5 Å². The highest BCUT2D eigenvalue weighted by atomic mass is 28.3. The van der Waals surface area contributed by atoms with Crippen LogP contribution in [0.4, 0.5) is 0 Å². The zero-order chi connectivity index (χ0) is 12.1. The Morgan fingerprint density at radius 3 is 1.60 bits per heavy atom. The van der Waals surface area contributed by atoms with Gasteiger partial charge >= 0.3 is 0 Å². The Morgan fingerprint density at radius 1 is 1.00 bits per heavy atom. The van der Waals surface area contributed by atoms with Crippen molar-refractivity contribution in [3.05, 3.63) is 0 Å². The van der Waals surface area contributed by atoms with Gasteiger partial charge in [0.25, 0.3) is 0 Å². The van der Waals surface area contributed by atoms with Crippen molar-refractivity contribution in [1.82, 2.24) is 5.06 Å². The first kappa shape index (κ1) is 13.2. The van der Waals surface area contributed by atoms with Crippen molar-refractivity contribution in [3.8, 4) is 0 Å². The second-order valence-corrected chi connectivity index (χ2v) is 13.0. The molecule has 0 spiro atoms. The third-order valence-electron chi connectivity index (χ3n) is 3.86. The molecule has 1 fully saturated rings. The van der Waals surface area contributed by atoms with Gasteiger partial charge in [-0.25, -0.2) is 0 Å². The Bertz CT molecular complexity index is 224. The molecule has 0 bridgehead atoms. The smallest absolute Gasteiger partial charge is 0.0475 e. The summed E-state index contributed by atoms with van der Waals surface area (Å²) in [5.41, 5.74) is 0.658. The van der Waals surface area contributed by atoms with E-state index in [1.807, 2.05) is 0 Å². The third-order valence-corrected chi connectivity index (χ3v) is 6.72. The van der Waals surface area contributed by atoms with E-state index in [2.05, 4.69) is 47.3 Å². The van der Waals surface area contributed by atoms with E-state index in [1.54, 1.807) is 5.06 Å². The first-order valence-corrected chi connectivity index (χ1v) is 9.54. The van der Waals surface area contributed by atoms with Crippen molar-refractivity contribution in [1.29, 1.82) is 0 Å². The fraction of sp³-hybridized carbons (Fsp3) is 1.00. The van der Waals surface area contributed by atoms with Gasteiger partial charge in [0.05, 0.1) is 0 Å². The van der Waals surface area contributed by atoms with Crippen molar-refractivity contribution in [3.63, 3.8) is 0 Å². The molecule has 0 radical (unpaired) electrons. The molecule has 1 heterocycles. The fourth-order valence-electron chi connectivity index (χ4n) is 2.88. The lowest BCUT2D eigenvalue weighted by atomic mass is 9.81. The quantitative estimate of drug-likeness (QED) is 0.692. The van der Waals surface area contributed by atoms with Crippen LogP contribution in [-0.2, 0) is 0 Å². The van der Waals surface area contributed by atoms with Crippen LogP contribution in [0.3, 0.4) is 0 Å². The van der Waals surface area contributed by atoms with Crippen LogP contribution in [0, 0.1) is 0 Å². The van der Waals surface area contributed by atoms with Crippen LogP contribution in [0.2, 0.25) is 25.2 Å². The van der Waals surface area contributed by atoms with Gasteiger partial charge in [0.15, 0.2) is 0 Å². The molecule has 0 aromatic heterocycles. The monoisotopic (exact) mass is 229 g/mol. The van der Waals surface area contributed by atoms with E-state index in [1.165, 1.54) is 0 Å². The maximum Gasteiger partial charge on any atom is 0.0475 e. The van der Waals surface area contributed by atoms with Crippen LogP contribution in [0.1, 0.15) is 40.5 Å². The molecule has 3 heteroatoms. The second kappa shape index (κ2) is 3.57. The summed E-state index contributed by atoms with van der Waals surface area (Å²) in [4.78, 5) is 0. The summed E-state index contributed by atoms with van der Waals surface area (Å²) in [7, 11) is -1.10. The normalized spacial score (nSPS) is 28.0. The minimum atomic E-state index is -1.10. The van der Waals surface area contributed by atoms with Crippen LogP contribution in [-0.4, -0.2) is 29.4 Å². The van der Waals surface area contributed by atoms with Gasteiger partial charge in [0, 0.05) is 19.2 Å². The molecule has 1 aliphatic rings. The summed E-state index contributed by atoms with van der Waals surface area (Å²) in [6.45, 7) is 15.9. The molecule has 0 aromatic rings. The second-order valence-electron chi connectivity index (χ2n) is 7.41. The van der Waals surface area contributed by atoms with Gasteiger partial charge in [-0.2, -0.15) is 5.06 Å². The van der Waals surface area contributed by atoms with Crippen molar-refractivity contribution >= 4 is 8.07 Å². The van der Waals surface area contributed by atoms with Crippen LogP contribution < -0.4 is 0 Å². The van der Waals surface area contributed by atoms with Gasteiger partial charge in [0.2, 0.25) is 0 Å². The highest BCUT2D eigenvalue weighted by Crippen LogP contribution is 2.46. The lowest BCUT2D eigenvalue weighted by Crippen LogP contribution is -2.60. The lowest BCUT2D eigenvalue weighted by molar-refractivity contribution is -0.241. The summed E-state index contributed by atoms with van der Waals surface area (Å²) in [5, 5.41) is 11.8. The molecule has 1 saturated heterocycles. The summed E-state index contributed by atoms with van der Waals surface area (Å²) in [6, 6.07) is 0. The molecular formula is C12H27NOSi. The van der Waals surface area contributed by atoms with Crippen LogP contribution in [0.25, 0.3) is 0 Å². The van der Waals surface area contributed by atoms with E-state index in [4.69, 9.17) is 0 Å². The Labute approximate surface area is 95.6 Å². The molecule has 0 unspecified atom stereocenters. The summed E-state index contributed by atoms with van der Waals surface area (Å²) >= 11 is 0. The van der Waals surface area contributed by atoms with Crippen LogP contribution in [0.15, 0.2) is 0 Å². The predicted molar refractivity (Wildman–Crippen MR) is 68.1 cm³/mol. The van der Waals surface area contributed by atoms with E-state index < -0.39 is 8.07 Å². The molecule has 0 saturated carbocycles. The van der Waals surface area contributed by atoms with Crippen molar-refractivity contribution in [2.75, 3.05) is 0 Å². The number of hydroxylamine groups is 2. The van der Waals surface area contributed by atoms with Crippen LogP contribution >= 0.6 is 0 Å². The molecule has 1 rings (SSSR count).